The van der Waals surface area contributed by atoms with E-state index < -0.39 is 5.97 Å². The van der Waals surface area contributed by atoms with Crippen molar-refractivity contribution in [3.8, 4) is 0 Å². The van der Waals surface area contributed by atoms with Crippen molar-refractivity contribution in [3.63, 3.8) is 0 Å². The van der Waals surface area contributed by atoms with Gasteiger partial charge in [0.1, 0.15) is 0 Å². The summed E-state index contributed by atoms with van der Waals surface area (Å²) in [4.78, 5) is 14.3. The number of benzene rings is 1. The van der Waals surface area contributed by atoms with Crippen molar-refractivity contribution in [2.75, 3.05) is 36.9 Å². The average molecular weight is 313 g/mol. The Morgan fingerprint density at radius 3 is 3.05 bits per heavy atom. The summed E-state index contributed by atoms with van der Waals surface area (Å²) < 4.78 is 10.8. The number of nitrogens with zero attached hydrogens (tertiary/aromatic N) is 1. The molecule has 0 aromatic heterocycles. The molecule has 1 atom stereocenters. The van der Waals surface area contributed by atoms with E-state index in [1.165, 1.54) is 0 Å². The van der Waals surface area contributed by atoms with Crippen LogP contribution >= 0.6 is 11.6 Å². The van der Waals surface area contributed by atoms with Crippen molar-refractivity contribution in [2.24, 2.45) is 0 Å². The number of carbonyl (C=O) groups is 1. The second-order valence-electron chi connectivity index (χ2n) is 5.10. The number of rotatable bonds is 3. The van der Waals surface area contributed by atoms with Gasteiger partial charge in [-0.3, -0.25) is 0 Å². The molecule has 1 fully saturated rings. The van der Waals surface area contributed by atoms with E-state index in [1.54, 1.807) is 19.1 Å². The zero-order valence-electron chi connectivity index (χ0n) is 12.4. The zero-order valence-corrected chi connectivity index (χ0v) is 13.2. The van der Waals surface area contributed by atoms with E-state index in [-0.39, 0.29) is 6.10 Å². The van der Waals surface area contributed by atoms with Gasteiger partial charge >= 0.3 is 5.97 Å². The van der Waals surface area contributed by atoms with Crippen LogP contribution in [-0.2, 0) is 9.47 Å². The van der Waals surface area contributed by atoms with E-state index >= 15 is 0 Å². The molecule has 0 radical (unpaired) electrons. The summed E-state index contributed by atoms with van der Waals surface area (Å²) in [6, 6.07) is 3.28. The highest BCUT2D eigenvalue weighted by molar-refractivity contribution is 6.34. The Labute approximate surface area is 130 Å². The first kappa shape index (κ1) is 15.9. The van der Waals surface area contributed by atoms with Gasteiger partial charge in [0.15, 0.2) is 0 Å². The van der Waals surface area contributed by atoms with E-state index in [1.807, 2.05) is 6.92 Å². The lowest BCUT2D eigenvalue weighted by atomic mass is 10.1. The van der Waals surface area contributed by atoms with Crippen molar-refractivity contribution in [3.05, 3.63) is 22.7 Å². The maximum absolute atomic E-state index is 12.2. The number of hydrogen-bond donors (Lipinski definition) is 1. The Morgan fingerprint density at radius 2 is 2.33 bits per heavy atom. The minimum Gasteiger partial charge on any atom is -0.462 e. The quantitative estimate of drug-likeness (QED) is 0.686. The first-order chi connectivity index (χ1) is 10.0. The molecule has 5 nitrogen and oxygen atoms in total. The normalized spacial score (nSPS) is 19.2. The van der Waals surface area contributed by atoms with E-state index in [2.05, 4.69) is 4.90 Å². The Hall–Kier alpha value is -1.46. The summed E-state index contributed by atoms with van der Waals surface area (Å²) in [7, 11) is 0. The fourth-order valence-electron chi connectivity index (χ4n) is 2.50. The molecule has 0 spiro atoms. The third kappa shape index (κ3) is 3.80. The lowest BCUT2D eigenvalue weighted by Gasteiger charge is -2.27. The standard InChI is InChI=1S/C15H21ClN2O3/c1-3-20-15(19)12-7-11(17)8-13(16)14(12)18-5-4-6-21-10(2)9-18/h7-8,10H,3-6,9,17H2,1-2H3. The van der Waals surface area contributed by atoms with E-state index in [4.69, 9.17) is 26.8 Å². The van der Waals surface area contributed by atoms with E-state index in [0.29, 0.717) is 41.7 Å². The van der Waals surface area contributed by atoms with Gasteiger partial charge in [0.25, 0.3) is 0 Å². The van der Waals surface area contributed by atoms with Gasteiger partial charge in [0, 0.05) is 25.4 Å². The third-order valence-corrected chi connectivity index (χ3v) is 3.64. The number of halogens is 1. The molecule has 1 aliphatic heterocycles. The van der Waals surface area contributed by atoms with Crippen molar-refractivity contribution < 1.29 is 14.3 Å². The maximum atomic E-state index is 12.2. The number of nitrogens with two attached hydrogens (primary N) is 1. The second-order valence-corrected chi connectivity index (χ2v) is 5.51. The number of hydrogen-bond acceptors (Lipinski definition) is 5. The molecule has 1 heterocycles. The van der Waals surface area contributed by atoms with Crippen LogP contribution in [0.15, 0.2) is 12.1 Å². The highest BCUT2D eigenvalue weighted by Crippen LogP contribution is 2.34. The molecular weight excluding hydrogens is 292 g/mol. The van der Waals surface area contributed by atoms with Gasteiger partial charge in [-0.05, 0) is 32.4 Å². The van der Waals surface area contributed by atoms with E-state index in [0.717, 1.165) is 13.0 Å². The summed E-state index contributed by atoms with van der Waals surface area (Å²) >= 11 is 6.34. The fourth-order valence-corrected chi connectivity index (χ4v) is 2.85. The van der Waals surface area contributed by atoms with Gasteiger partial charge in [0.05, 0.1) is 29.0 Å². The number of nitrogen functional groups attached to an aromatic ring is 1. The molecule has 1 aromatic rings. The smallest absolute Gasteiger partial charge is 0.340 e. The van der Waals surface area contributed by atoms with Crippen molar-refractivity contribution in [2.45, 2.75) is 26.4 Å². The number of anilines is 2. The molecule has 21 heavy (non-hydrogen) atoms. The van der Waals surface area contributed by atoms with Gasteiger partial charge < -0.3 is 20.1 Å². The molecule has 6 heteroatoms. The van der Waals surface area contributed by atoms with Crippen molar-refractivity contribution in [1.82, 2.24) is 0 Å². The monoisotopic (exact) mass is 312 g/mol. The Bertz CT molecular complexity index is 522. The molecule has 0 aliphatic carbocycles. The highest BCUT2D eigenvalue weighted by Gasteiger charge is 2.24. The lowest BCUT2D eigenvalue weighted by molar-refractivity contribution is 0.0526. The van der Waals surface area contributed by atoms with Gasteiger partial charge in [-0.2, -0.15) is 0 Å². The predicted molar refractivity (Wildman–Crippen MR) is 84.1 cm³/mol. The van der Waals surface area contributed by atoms with Crippen LogP contribution in [0.1, 0.15) is 30.6 Å². The predicted octanol–water partition coefficient (Wildman–Crippen LogP) is 2.71. The summed E-state index contributed by atoms with van der Waals surface area (Å²) in [6.07, 6.45) is 0.962. The molecular formula is C15H21ClN2O3. The molecule has 1 unspecified atom stereocenters. The Morgan fingerprint density at radius 1 is 1.57 bits per heavy atom. The second kappa shape index (κ2) is 7.00. The van der Waals surface area contributed by atoms with Gasteiger partial charge in [-0.15, -0.1) is 0 Å². The first-order valence-corrected chi connectivity index (χ1v) is 7.53. The lowest BCUT2D eigenvalue weighted by Crippen LogP contribution is -2.32. The zero-order chi connectivity index (χ0) is 15.4. The van der Waals surface area contributed by atoms with Crippen molar-refractivity contribution in [1.29, 1.82) is 0 Å². The van der Waals surface area contributed by atoms with Gasteiger partial charge in [0.2, 0.25) is 0 Å². The number of carbonyl (C=O) groups excluding carboxylic acids is 1. The summed E-state index contributed by atoms with van der Waals surface area (Å²) in [6.45, 7) is 6.25. The van der Waals surface area contributed by atoms with Crippen LogP contribution in [0.3, 0.4) is 0 Å². The molecule has 1 aliphatic rings. The molecule has 0 bridgehead atoms. The fraction of sp³-hybridized carbons (Fsp3) is 0.533. The number of esters is 1. The molecule has 2 rings (SSSR count). The van der Waals surface area contributed by atoms with Crippen LogP contribution in [0.4, 0.5) is 11.4 Å². The molecule has 2 N–H and O–H groups in total. The average Bonchev–Trinajstić information content (AvgIpc) is 2.62. The van der Waals surface area contributed by atoms with Gasteiger partial charge in [-0.1, -0.05) is 11.6 Å². The molecule has 116 valence electrons. The Balaban J connectivity index is 2.42. The summed E-state index contributed by atoms with van der Waals surface area (Å²) in [5.74, 6) is -0.403. The summed E-state index contributed by atoms with van der Waals surface area (Å²) in [5.41, 5.74) is 7.36. The molecule has 1 aromatic carbocycles. The number of ether oxygens (including phenoxy) is 2. The minimum atomic E-state index is -0.403. The SMILES string of the molecule is CCOC(=O)c1cc(N)cc(Cl)c1N1CCCOC(C)C1. The maximum Gasteiger partial charge on any atom is 0.340 e. The largest absolute Gasteiger partial charge is 0.462 e. The van der Waals surface area contributed by atoms with E-state index in [9.17, 15) is 4.79 Å². The molecule has 0 saturated carbocycles. The molecule has 1 saturated heterocycles. The van der Waals surface area contributed by atoms with Crippen LogP contribution in [0.5, 0.6) is 0 Å². The van der Waals surface area contributed by atoms with Gasteiger partial charge in [-0.25, -0.2) is 4.79 Å². The van der Waals surface area contributed by atoms with Crippen LogP contribution in [0.2, 0.25) is 5.02 Å². The first-order valence-electron chi connectivity index (χ1n) is 7.15. The Kier molecular flexibility index (Phi) is 5.31. The minimum absolute atomic E-state index is 0.0798. The summed E-state index contributed by atoms with van der Waals surface area (Å²) in [5, 5.41) is 0.465. The topological polar surface area (TPSA) is 64.8 Å². The molecule has 0 amide bonds. The van der Waals surface area contributed by atoms with Crippen LogP contribution in [0, 0.1) is 0 Å². The highest BCUT2D eigenvalue weighted by atomic mass is 35.5. The van der Waals surface area contributed by atoms with Crippen molar-refractivity contribution >= 4 is 28.9 Å². The van der Waals surface area contributed by atoms with Crippen LogP contribution < -0.4 is 10.6 Å². The van der Waals surface area contributed by atoms with Crippen LogP contribution in [-0.4, -0.2) is 38.4 Å². The van der Waals surface area contributed by atoms with Crippen LogP contribution in [0.25, 0.3) is 0 Å². The third-order valence-electron chi connectivity index (χ3n) is 3.35.